The molecule has 2 aromatic rings. The van der Waals surface area contributed by atoms with Gasteiger partial charge in [-0.1, -0.05) is 36.1 Å². The molecule has 0 spiro atoms. The summed E-state index contributed by atoms with van der Waals surface area (Å²) < 4.78 is 4.02. The molecule has 0 amide bonds. The predicted molar refractivity (Wildman–Crippen MR) is 60.3 cm³/mol. The van der Waals surface area contributed by atoms with Gasteiger partial charge in [-0.05, 0) is 11.5 Å². The first-order valence-electron chi connectivity index (χ1n) is 4.47. The number of carboxylic acid groups (broad SMARTS) is 1. The van der Waals surface area contributed by atoms with Gasteiger partial charge < -0.3 is 10.2 Å². The normalized spacial score (nSPS) is 9.06. The van der Waals surface area contributed by atoms with Crippen molar-refractivity contribution >= 4 is 17.5 Å². The average Bonchev–Trinajstić information content (AvgIpc) is 2.65. The van der Waals surface area contributed by atoms with Gasteiger partial charge in [0, 0.05) is 17.9 Å². The number of nitrogens with zero attached hydrogens (tertiary/aromatic N) is 1. The maximum atomic E-state index is 11.2. The molecule has 5 heteroatoms. The molecule has 1 heterocycles. The fraction of sp³-hybridized carbons (Fsp3) is 0.0909. The van der Waals surface area contributed by atoms with Gasteiger partial charge in [0.25, 0.3) is 5.97 Å². The van der Waals surface area contributed by atoms with Crippen LogP contribution < -0.4 is 5.11 Å². The van der Waals surface area contributed by atoms with Gasteiger partial charge in [0.2, 0.25) is 0 Å². The highest BCUT2D eigenvalue weighted by Gasteiger charge is 1.98. The van der Waals surface area contributed by atoms with Crippen molar-refractivity contribution in [2.45, 2.75) is 6.92 Å². The first kappa shape index (κ1) is 12.2. The number of carboxylic acids is 1. The minimum Gasteiger partial charge on any atom is -0.870 e. The summed E-state index contributed by atoms with van der Waals surface area (Å²) in [5, 5.41) is 20.1. The molecule has 4 nitrogen and oxygen atoms in total. The van der Waals surface area contributed by atoms with Gasteiger partial charge in [0.15, 0.2) is 0 Å². The Morgan fingerprint density at radius 2 is 1.94 bits per heavy atom. The van der Waals surface area contributed by atoms with Crippen LogP contribution in [-0.4, -0.2) is 15.4 Å². The largest absolute Gasteiger partial charge is 0.870 e. The minimum absolute atomic E-state index is 0.00574. The van der Waals surface area contributed by atoms with Crippen molar-refractivity contribution in [3.63, 3.8) is 0 Å². The Labute approximate surface area is 97.0 Å². The highest BCUT2D eigenvalue weighted by molar-refractivity contribution is 7.04. The topological polar surface area (TPSA) is 73.2 Å². The van der Waals surface area contributed by atoms with E-state index in [0.29, 0.717) is 5.69 Å². The van der Waals surface area contributed by atoms with Gasteiger partial charge in [-0.2, -0.15) is 4.37 Å². The van der Waals surface area contributed by atoms with Crippen LogP contribution in [0.15, 0.2) is 35.7 Å². The number of hydrogen-bond acceptors (Lipinski definition) is 4. The van der Waals surface area contributed by atoms with Crippen molar-refractivity contribution in [1.82, 2.24) is 4.37 Å². The second kappa shape index (κ2) is 5.87. The fourth-order valence-electron chi connectivity index (χ4n) is 1.02. The van der Waals surface area contributed by atoms with Gasteiger partial charge in [-0.15, -0.1) is 0 Å². The second-order valence-corrected chi connectivity index (χ2v) is 3.54. The molecule has 0 saturated heterocycles. The lowest BCUT2D eigenvalue weighted by atomic mass is 10.1. The quantitative estimate of drug-likeness (QED) is 0.821. The summed E-state index contributed by atoms with van der Waals surface area (Å²) in [7, 11) is 0. The number of aromatic nitrogens is 1. The molecule has 0 aliphatic carbocycles. The van der Waals surface area contributed by atoms with Crippen LogP contribution in [0.1, 0.15) is 6.92 Å². The summed E-state index contributed by atoms with van der Waals surface area (Å²) in [6.45, 7) is 1.08. The molecule has 0 aliphatic rings. The van der Waals surface area contributed by atoms with E-state index in [1.165, 1.54) is 16.9 Å². The molecule has 0 bridgehead atoms. The van der Waals surface area contributed by atoms with Crippen LogP contribution in [0.3, 0.4) is 0 Å². The number of aliphatic carboxylic acids is 1. The minimum atomic E-state index is -0.833. The van der Waals surface area contributed by atoms with Crippen LogP contribution in [0.25, 0.3) is 11.3 Å². The third kappa shape index (κ3) is 3.70. The standard InChI is InChI=1S/C9H7NOS.C2H4O2/c11-8-6-12-10-9(8)7-4-2-1-3-5-7;1-2(3)4/h1-6,11H;1H3,(H,3,4)/p-1. The van der Waals surface area contributed by atoms with Crippen molar-refractivity contribution in [2.24, 2.45) is 0 Å². The first-order chi connectivity index (χ1) is 7.61. The molecule has 16 heavy (non-hydrogen) atoms. The molecule has 0 fully saturated rings. The lowest BCUT2D eigenvalue weighted by Gasteiger charge is -2.03. The summed E-state index contributed by atoms with van der Waals surface area (Å²) in [4.78, 5) is 9.00. The summed E-state index contributed by atoms with van der Waals surface area (Å²) in [6, 6.07) is 9.48. The predicted octanol–water partition coefficient (Wildman–Crippen LogP) is 1.97. The van der Waals surface area contributed by atoms with Gasteiger partial charge in [0.05, 0.1) is 5.69 Å². The summed E-state index contributed by atoms with van der Waals surface area (Å²) in [6.07, 6.45) is 0. The fourth-order valence-corrected chi connectivity index (χ4v) is 1.58. The van der Waals surface area contributed by atoms with Crippen LogP contribution >= 0.6 is 11.5 Å². The van der Waals surface area contributed by atoms with Crippen LogP contribution in [0, 0.1) is 0 Å². The van der Waals surface area contributed by atoms with E-state index in [1.807, 2.05) is 30.3 Å². The monoisotopic (exact) mass is 236 g/mol. The van der Waals surface area contributed by atoms with Crippen LogP contribution in [-0.2, 0) is 4.79 Å². The molecular formula is C11H10NO3S-. The zero-order valence-electron chi connectivity index (χ0n) is 8.58. The van der Waals surface area contributed by atoms with Gasteiger partial charge >= 0.3 is 0 Å². The van der Waals surface area contributed by atoms with Gasteiger partial charge in [-0.25, -0.2) is 0 Å². The van der Waals surface area contributed by atoms with E-state index in [2.05, 4.69) is 4.37 Å². The maximum Gasteiger partial charge on any atom is 0.300 e. The molecule has 0 atom stereocenters. The third-order valence-corrected chi connectivity index (χ3v) is 2.19. The Hall–Kier alpha value is -1.88. The number of hydrogen-bond donors (Lipinski definition) is 1. The van der Waals surface area contributed by atoms with E-state index in [0.717, 1.165) is 12.5 Å². The molecule has 0 radical (unpaired) electrons. The molecule has 84 valence electrons. The molecule has 1 N–H and O–H groups in total. The van der Waals surface area contributed by atoms with Crippen molar-refractivity contribution < 1.29 is 15.0 Å². The molecule has 2 rings (SSSR count). The number of benzene rings is 1. The molecule has 0 saturated carbocycles. The SMILES string of the molecule is CC(=O)O.[O-]c1csnc1-c1ccccc1. The van der Waals surface area contributed by atoms with Crippen LogP contribution in [0.5, 0.6) is 5.75 Å². The first-order valence-corrected chi connectivity index (χ1v) is 5.31. The summed E-state index contributed by atoms with van der Waals surface area (Å²) >= 11 is 1.20. The van der Waals surface area contributed by atoms with E-state index in [9.17, 15) is 5.11 Å². The van der Waals surface area contributed by atoms with E-state index in [-0.39, 0.29) is 5.75 Å². The number of rotatable bonds is 1. The van der Waals surface area contributed by atoms with Crippen molar-refractivity contribution in [1.29, 1.82) is 0 Å². The Bertz CT molecular complexity index is 449. The van der Waals surface area contributed by atoms with Gasteiger partial charge in [-0.3, -0.25) is 4.79 Å². The van der Waals surface area contributed by atoms with Crippen molar-refractivity contribution in [3.05, 3.63) is 35.7 Å². The molecular weight excluding hydrogens is 226 g/mol. The highest BCUT2D eigenvalue weighted by atomic mass is 32.1. The lowest BCUT2D eigenvalue weighted by molar-refractivity contribution is -0.267. The highest BCUT2D eigenvalue weighted by Crippen LogP contribution is 2.26. The molecule has 0 unspecified atom stereocenters. The zero-order chi connectivity index (χ0) is 12.0. The van der Waals surface area contributed by atoms with Crippen LogP contribution in [0.2, 0.25) is 0 Å². The van der Waals surface area contributed by atoms with Crippen molar-refractivity contribution in [2.75, 3.05) is 0 Å². The average molecular weight is 236 g/mol. The third-order valence-electron chi connectivity index (χ3n) is 1.58. The number of carbonyl (C=O) groups is 1. The Morgan fingerprint density at radius 3 is 2.38 bits per heavy atom. The van der Waals surface area contributed by atoms with Crippen molar-refractivity contribution in [3.8, 4) is 17.0 Å². The Morgan fingerprint density at radius 1 is 1.38 bits per heavy atom. The molecule has 1 aromatic carbocycles. The summed E-state index contributed by atoms with van der Waals surface area (Å²) in [5.74, 6) is -0.828. The van der Waals surface area contributed by atoms with Gasteiger partial charge in [0.1, 0.15) is 0 Å². The molecule has 0 aliphatic heterocycles. The second-order valence-electron chi connectivity index (χ2n) is 2.91. The van der Waals surface area contributed by atoms with E-state index < -0.39 is 5.97 Å². The Kier molecular flexibility index (Phi) is 4.47. The van der Waals surface area contributed by atoms with E-state index in [4.69, 9.17) is 9.90 Å². The smallest absolute Gasteiger partial charge is 0.300 e. The van der Waals surface area contributed by atoms with Crippen LogP contribution in [0.4, 0.5) is 0 Å². The lowest BCUT2D eigenvalue weighted by Crippen LogP contribution is -1.89. The Balaban J connectivity index is 0.000000280. The molecule has 1 aromatic heterocycles. The zero-order valence-corrected chi connectivity index (χ0v) is 9.40. The van der Waals surface area contributed by atoms with E-state index >= 15 is 0 Å². The maximum absolute atomic E-state index is 11.2. The summed E-state index contributed by atoms with van der Waals surface area (Å²) in [5.41, 5.74) is 1.45. The van der Waals surface area contributed by atoms with E-state index in [1.54, 1.807) is 0 Å².